The van der Waals surface area contributed by atoms with E-state index in [1.165, 1.54) is 6.07 Å². The molecule has 2 aromatic heterocycles. The molecule has 38 heavy (non-hydrogen) atoms. The van der Waals surface area contributed by atoms with Crippen LogP contribution in [-0.2, 0) is 17.6 Å². The highest BCUT2D eigenvalue weighted by Crippen LogP contribution is 2.28. The number of nitrogens with zero attached hydrogens (tertiary/aromatic N) is 3. The third-order valence-corrected chi connectivity index (χ3v) is 8.25. The number of rotatable bonds is 8. The minimum absolute atomic E-state index is 0.0253. The van der Waals surface area contributed by atoms with E-state index in [0.29, 0.717) is 19.4 Å². The lowest BCUT2D eigenvalue weighted by Crippen LogP contribution is -2.33. The smallest absolute Gasteiger partial charge is 0.422 e. The Kier molecular flexibility index (Phi) is 8.30. The van der Waals surface area contributed by atoms with Crippen molar-refractivity contribution in [2.45, 2.75) is 57.7 Å². The molecule has 1 fully saturated rings. The van der Waals surface area contributed by atoms with Crippen LogP contribution in [0.4, 0.5) is 13.2 Å². The molecule has 0 radical (unpaired) electrons. The maximum absolute atomic E-state index is 12.9. The molecule has 10 heteroatoms. The second-order valence-electron chi connectivity index (χ2n) is 10.2. The summed E-state index contributed by atoms with van der Waals surface area (Å²) in [7, 11) is 0. The lowest BCUT2D eigenvalue weighted by molar-refractivity contribution is -0.154. The number of aryl methyl sites for hydroxylation is 1. The summed E-state index contributed by atoms with van der Waals surface area (Å²) < 4.78 is 49.3. The predicted molar refractivity (Wildman–Crippen MR) is 140 cm³/mol. The first-order valence-corrected chi connectivity index (χ1v) is 14.0. The van der Waals surface area contributed by atoms with E-state index < -0.39 is 12.8 Å². The first kappa shape index (κ1) is 27.0. The Balaban J connectivity index is 1.04. The van der Waals surface area contributed by atoms with Crippen LogP contribution in [0, 0.1) is 12.8 Å². The fourth-order valence-corrected chi connectivity index (χ4v) is 6.10. The number of Topliss-reactive ketones (excluding diaryl/α,β-unsaturated/α-hetero) is 1. The largest absolute Gasteiger partial charge is 0.468 e. The first-order valence-electron chi connectivity index (χ1n) is 13.1. The zero-order valence-corrected chi connectivity index (χ0v) is 22.2. The predicted octanol–water partition coefficient (Wildman–Crippen LogP) is 5.80. The Morgan fingerprint density at radius 1 is 1.16 bits per heavy atom. The van der Waals surface area contributed by atoms with Gasteiger partial charge in [-0.05, 0) is 62.3 Å². The molecule has 204 valence electrons. The molecule has 1 saturated heterocycles. The standard InChI is InChI=1S/C28H32F3N3O3S/c1-18-32-24-6-3-21(15-26(24)38-18)25(35)14-19-2-5-22(36-16-19)9-12-34-11-8-20-4-7-27(33-23(20)10-13-34)37-17-28(29,30)31/h3-4,6-7,15,19,22H,2,5,8-14,16-17H2,1H3/t19-,22-/m1/s1. The van der Waals surface area contributed by atoms with Crippen LogP contribution in [0.2, 0.25) is 0 Å². The van der Waals surface area contributed by atoms with Crippen LogP contribution in [0.25, 0.3) is 10.2 Å². The fraction of sp³-hybridized carbons (Fsp3) is 0.536. The number of aromatic nitrogens is 2. The minimum Gasteiger partial charge on any atom is -0.468 e. The van der Waals surface area contributed by atoms with Crippen molar-refractivity contribution in [2.75, 3.05) is 32.8 Å². The van der Waals surface area contributed by atoms with E-state index in [1.807, 2.05) is 31.2 Å². The van der Waals surface area contributed by atoms with Gasteiger partial charge in [-0.2, -0.15) is 13.2 Å². The van der Waals surface area contributed by atoms with E-state index in [2.05, 4.69) is 14.9 Å². The zero-order valence-electron chi connectivity index (χ0n) is 21.4. The van der Waals surface area contributed by atoms with Gasteiger partial charge in [-0.1, -0.05) is 6.07 Å². The van der Waals surface area contributed by atoms with E-state index in [9.17, 15) is 18.0 Å². The summed E-state index contributed by atoms with van der Waals surface area (Å²) in [5.41, 5.74) is 3.58. The lowest BCUT2D eigenvalue weighted by Gasteiger charge is -2.30. The number of pyridine rings is 1. The number of ether oxygens (including phenoxy) is 2. The average molecular weight is 548 g/mol. The summed E-state index contributed by atoms with van der Waals surface area (Å²) in [6.07, 6.45) is 0.649. The minimum atomic E-state index is -4.38. The van der Waals surface area contributed by atoms with E-state index in [0.717, 1.165) is 77.4 Å². The van der Waals surface area contributed by atoms with E-state index >= 15 is 0 Å². The van der Waals surface area contributed by atoms with E-state index in [4.69, 9.17) is 9.47 Å². The molecule has 0 aliphatic carbocycles. The van der Waals surface area contributed by atoms with Gasteiger partial charge >= 0.3 is 6.18 Å². The Labute approximate surface area is 224 Å². The third-order valence-electron chi connectivity index (χ3n) is 7.31. The zero-order chi connectivity index (χ0) is 26.7. The second-order valence-corrected chi connectivity index (χ2v) is 11.5. The highest BCUT2D eigenvalue weighted by atomic mass is 32.1. The first-order chi connectivity index (χ1) is 18.2. The van der Waals surface area contributed by atoms with Gasteiger partial charge in [0.05, 0.1) is 27.9 Å². The number of carbonyl (C=O) groups excluding carboxylic acids is 1. The summed E-state index contributed by atoms with van der Waals surface area (Å²) in [6, 6.07) is 9.12. The van der Waals surface area contributed by atoms with Gasteiger partial charge in [0.25, 0.3) is 0 Å². The van der Waals surface area contributed by atoms with Gasteiger partial charge in [0.1, 0.15) is 0 Å². The quantitative estimate of drug-likeness (QED) is 0.332. The summed E-state index contributed by atoms with van der Waals surface area (Å²) in [6.45, 7) is 3.83. The third kappa shape index (κ3) is 7.09. The molecule has 2 aliphatic rings. The van der Waals surface area contributed by atoms with Crippen LogP contribution >= 0.6 is 11.3 Å². The normalized spacial score (nSPS) is 20.7. The number of alkyl halides is 3. The van der Waals surface area contributed by atoms with Gasteiger partial charge in [-0.3, -0.25) is 4.79 Å². The summed E-state index contributed by atoms with van der Waals surface area (Å²) >= 11 is 1.61. The molecule has 0 spiro atoms. The van der Waals surface area contributed by atoms with E-state index in [-0.39, 0.29) is 23.7 Å². The molecular formula is C28H32F3N3O3S. The number of hydrogen-bond donors (Lipinski definition) is 0. The molecule has 2 atom stereocenters. The van der Waals surface area contributed by atoms with Gasteiger partial charge in [-0.15, -0.1) is 11.3 Å². The molecule has 3 aromatic rings. The molecule has 0 amide bonds. The highest BCUT2D eigenvalue weighted by molar-refractivity contribution is 7.18. The number of carbonyl (C=O) groups is 1. The van der Waals surface area contributed by atoms with Crippen molar-refractivity contribution in [1.29, 1.82) is 0 Å². The van der Waals surface area contributed by atoms with Crippen LogP contribution in [0.3, 0.4) is 0 Å². The van der Waals surface area contributed by atoms with Gasteiger partial charge in [0.15, 0.2) is 12.4 Å². The van der Waals surface area contributed by atoms with Crippen LogP contribution in [-0.4, -0.2) is 65.8 Å². The van der Waals surface area contributed by atoms with Gasteiger partial charge < -0.3 is 14.4 Å². The monoisotopic (exact) mass is 547 g/mol. The molecule has 6 nitrogen and oxygen atoms in total. The van der Waals surface area contributed by atoms with Crippen LogP contribution < -0.4 is 4.74 Å². The number of thiazole rings is 1. The molecular weight excluding hydrogens is 515 g/mol. The molecule has 0 saturated carbocycles. The number of hydrogen-bond acceptors (Lipinski definition) is 7. The Morgan fingerprint density at radius 3 is 2.79 bits per heavy atom. The Hall–Kier alpha value is -2.56. The van der Waals surface area contributed by atoms with E-state index in [1.54, 1.807) is 11.3 Å². The Bertz CT molecular complexity index is 1270. The average Bonchev–Trinajstić information content (AvgIpc) is 3.14. The SMILES string of the molecule is Cc1nc2ccc(C(=O)C[C@H]3CC[C@H](CCN4CCc5ccc(OCC(F)(F)F)nc5CC4)OC3)cc2s1. The molecule has 0 bridgehead atoms. The van der Waals surface area contributed by atoms with Gasteiger partial charge in [0.2, 0.25) is 5.88 Å². The number of fused-ring (bicyclic) bond motifs is 2. The number of halogens is 3. The van der Waals surface area contributed by atoms with Crippen molar-refractivity contribution >= 4 is 27.3 Å². The second kappa shape index (κ2) is 11.7. The van der Waals surface area contributed by atoms with Crippen molar-refractivity contribution in [1.82, 2.24) is 14.9 Å². The van der Waals surface area contributed by atoms with Crippen molar-refractivity contribution in [3.63, 3.8) is 0 Å². The van der Waals surface area contributed by atoms with Crippen LogP contribution in [0.1, 0.15) is 52.3 Å². The summed E-state index contributed by atoms with van der Waals surface area (Å²) in [5, 5.41) is 1.00. The topological polar surface area (TPSA) is 64.6 Å². The maximum Gasteiger partial charge on any atom is 0.422 e. The number of benzene rings is 1. The van der Waals surface area contributed by atoms with Gasteiger partial charge in [0, 0.05) is 49.8 Å². The summed E-state index contributed by atoms with van der Waals surface area (Å²) in [5.74, 6) is 0.428. The lowest BCUT2D eigenvalue weighted by atomic mass is 9.91. The van der Waals surface area contributed by atoms with Crippen LogP contribution in [0.15, 0.2) is 30.3 Å². The Morgan fingerprint density at radius 2 is 2.00 bits per heavy atom. The maximum atomic E-state index is 12.9. The van der Waals surface area contributed by atoms with Crippen molar-refractivity contribution < 1.29 is 27.4 Å². The number of ketones is 1. The van der Waals surface area contributed by atoms with Crippen LogP contribution in [0.5, 0.6) is 5.88 Å². The fourth-order valence-electron chi connectivity index (χ4n) is 5.24. The van der Waals surface area contributed by atoms with Gasteiger partial charge in [-0.25, -0.2) is 9.97 Å². The van der Waals surface area contributed by atoms with Crippen molar-refractivity contribution in [3.8, 4) is 5.88 Å². The molecule has 5 rings (SSSR count). The summed E-state index contributed by atoms with van der Waals surface area (Å²) in [4.78, 5) is 24.0. The van der Waals surface area contributed by atoms with Crippen molar-refractivity contribution in [3.05, 3.63) is 52.2 Å². The highest BCUT2D eigenvalue weighted by Gasteiger charge is 2.29. The molecule has 4 heterocycles. The molecule has 1 aromatic carbocycles. The molecule has 2 aliphatic heterocycles. The molecule has 0 N–H and O–H groups in total. The van der Waals surface area contributed by atoms with Crippen molar-refractivity contribution in [2.24, 2.45) is 5.92 Å². The molecule has 0 unspecified atom stereocenters.